The van der Waals surface area contributed by atoms with Gasteiger partial charge in [-0.2, -0.15) is 0 Å². The number of carbonyl (C=O) groups excluding carboxylic acids is 1. The molecule has 13 heteroatoms. The third-order valence-electron chi connectivity index (χ3n) is 5.10. The van der Waals surface area contributed by atoms with Gasteiger partial charge in [0.15, 0.2) is 5.60 Å². The minimum absolute atomic E-state index is 0.0541. The van der Waals surface area contributed by atoms with Gasteiger partial charge in [-0.25, -0.2) is 31.3 Å². The van der Waals surface area contributed by atoms with E-state index >= 15 is 0 Å². The van der Waals surface area contributed by atoms with Crippen molar-refractivity contribution < 1.29 is 35.9 Å². The van der Waals surface area contributed by atoms with Crippen LogP contribution >= 0.6 is 11.6 Å². The van der Waals surface area contributed by atoms with Crippen LogP contribution in [0.1, 0.15) is 28.0 Å². The first-order valence-electron chi connectivity index (χ1n) is 9.34. The Morgan fingerprint density at radius 1 is 1.21 bits per heavy atom. The number of amidine groups is 1. The van der Waals surface area contributed by atoms with E-state index in [2.05, 4.69) is 15.3 Å². The molecule has 1 aromatic carbocycles. The van der Waals surface area contributed by atoms with Crippen LogP contribution in [0.5, 0.6) is 0 Å². The Morgan fingerprint density at radius 3 is 2.45 bits per heavy atom. The summed E-state index contributed by atoms with van der Waals surface area (Å²) in [6, 6.07) is 3.94. The summed E-state index contributed by atoms with van der Waals surface area (Å²) in [6.07, 6.45) is -2.07. The Balaban J connectivity index is 1.94. The summed E-state index contributed by atoms with van der Waals surface area (Å²) in [7, 11) is 0. The molecule has 0 saturated carbocycles. The molecule has 0 aliphatic carbocycles. The second-order valence-electron chi connectivity index (χ2n) is 7.26. The third-order valence-corrected chi connectivity index (χ3v) is 5.38. The zero-order chi connectivity index (χ0) is 24.4. The molecule has 1 aliphatic heterocycles. The van der Waals surface area contributed by atoms with Crippen LogP contribution in [0.25, 0.3) is 0 Å². The van der Waals surface area contributed by atoms with Gasteiger partial charge in [0.1, 0.15) is 42.9 Å². The summed E-state index contributed by atoms with van der Waals surface area (Å²) < 4.78 is 85.9. The van der Waals surface area contributed by atoms with E-state index in [1.807, 2.05) is 0 Å². The number of ether oxygens (including phenoxy) is 1. The van der Waals surface area contributed by atoms with Crippen molar-refractivity contribution in [2.45, 2.75) is 17.6 Å². The number of aromatic nitrogens is 1. The molecule has 3 rings (SSSR count). The van der Waals surface area contributed by atoms with Gasteiger partial charge in [-0.05, 0) is 24.3 Å². The second-order valence-corrected chi connectivity index (χ2v) is 7.67. The van der Waals surface area contributed by atoms with Gasteiger partial charge in [0.25, 0.3) is 12.3 Å². The average molecular weight is 495 g/mol. The molecule has 178 valence electrons. The van der Waals surface area contributed by atoms with E-state index in [4.69, 9.17) is 22.1 Å². The summed E-state index contributed by atoms with van der Waals surface area (Å²) in [5, 5.41) is 2.00. The van der Waals surface area contributed by atoms with Crippen molar-refractivity contribution in [1.82, 2.24) is 4.98 Å². The molecule has 0 bridgehead atoms. The number of anilines is 1. The highest BCUT2D eigenvalue weighted by molar-refractivity contribution is 6.34. The number of alkyl halides is 5. The van der Waals surface area contributed by atoms with E-state index in [9.17, 15) is 31.1 Å². The minimum atomic E-state index is -2.84. The van der Waals surface area contributed by atoms with Crippen LogP contribution in [0, 0.1) is 5.82 Å². The van der Waals surface area contributed by atoms with Gasteiger partial charge in [-0.3, -0.25) is 9.79 Å². The lowest BCUT2D eigenvalue weighted by Crippen LogP contribution is -2.58. The lowest BCUT2D eigenvalue weighted by molar-refractivity contribution is -0.0644. The van der Waals surface area contributed by atoms with E-state index in [1.165, 1.54) is 0 Å². The highest BCUT2D eigenvalue weighted by atomic mass is 35.5. The molecule has 3 N–H and O–H groups in total. The Hall–Kier alpha value is -2.86. The number of rotatable bonds is 7. The van der Waals surface area contributed by atoms with Crippen LogP contribution in [-0.2, 0) is 10.3 Å². The van der Waals surface area contributed by atoms with Gasteiger partial charge < -0.3 is 15.8 Å². The lowest BCUT2D eigenvalue weighted by atomic mass is 9.88. The number of aliphatic imine (C=N–C) groups is 1. The SMILES string of the molecule is NC1=N[C@](CF)(c2cc(NC(=O)c3ncc(C(F)F)cc3Cl)ccc2F)COC1(CF)CF. The fraction of sp³-hybridized carbons (Fsp3) is 0.350. The Labute approximate surface area is 188 Å². The van der Waals surface area contributed by atoms with Gasteiger partial charge in [-0.15, -0.1) is 0 Å². The van der Waals surface area contributed by atoms with Crippen molar-refractivity contribution in [3.8, 4) is 0 Å². The minimum Gasteiger partial charge on any atom is -0.385 e. The van der Waals surface area contributed by atoms with Crippen molar-refractivity contribution in [1.29, 1.82) is 0 Å². The predicted molar refractivity (Wildman–Crippen MR) is 108 cm³/mol. The van der Waals surface area contributed by atoms with Crippen molar-refractivity contribution >= 4 is 29.0 Å². The number of halogens is 7. The molecule has 0 fully saturated rings. The smallest absolute Gasteiger partial charge is 0.275 e. The van der Waals surface area contributed by atoms with Gasteiger partial charge in [0.2, 0.25) is 0 Å². The number of nitrogens with zero attached hydrogens (tertiary/aromatic N) is 2. The maximum absolute atomic E-state index is 14.6. The normalized spacial score (nSPS) is 19.9. The Morgan fingerprint density at radius 2 is 1.91 bits per heavy atom. The lowest BCUT2D eigenvalue weighted by Gasteiger charge is -2.40. The molecule has 6 nitrogen and oxygen atoms in total. The maximum atomic E-state index is 14.6. The first-order valence-corrected chi connectivity index (χ1v) is 9.72. The standard InChI is InChI=1S/C20H17ClF6N4O2/c21-13-3-10(16(26)27)5-29-15(13)17(32)30-11-1-2-14(25)12(4-11)19(6-22)9-33-20(7-23,8-24)18(28)31-19/h1-5,16H,6-9H2,(H2,28,31)(H,30,32)/t19-/m0/s1. The van der Waals surface area contributed by atoms with Crippen molar-refractivity contribution in [2.75, 3.05) is 31.9 Å². The number of carbonyl (C=O) groups is 1. The first kappa shape index (κ1) is 24.8. The summed E-state index contributed by atoms with van der Waals surface area (Å²) in [4.78, 5) is 19.9. The molecule has 1 amide bonds. The number of nitrogens with two attached hydrogens (primary N) is 1. The second kappa shape index (κ2) is 9.56. The third kappa shape index (κ3) is 4.62. The highest BCUT2D eigenvalue weighted by Crippen LogP contribution is 2.37. The van der Waals surface area contributed by atoms with Crippen LogP contribution in [0.3, 0.4) is 0 Å². The number of pyridine rings is 1. The summed E-state index contributed by atoms with van der Waals surface area (Å²) >= 11 is 5.85. The fourth-order valence-corrected chi connectivity index (χ4v) is 3.37. The number of nitrogens with one attached hydrogen (secondary N) is 1. The van der Waals surface area contributed by atoms with Crippen LogP contribution in [-0.4, -0.2) is 49.0 Å². The van der Waals surface area contributed by atoms with E-state index in [0.717, 1.165) is 30.5 Å². The molecular weight excluding hydrogens is 478 g/mol. The maximum Gasteiger partial charge on any atom is 0.275 e. The quantitative estimate of drug-likeness (QED) is 0.562. The number of hydrogen-bond donors (Lipinski definition) is 2. The molecule has 1 aliphatic rings. The molecule has 0 saturated heterocycles. The topological polar surface area (TPSA) is 89.6 Å². The molecule has 1 aromatic heterocycles. The zero-order valence-corrected chi connectivity index (χ0v) is 17.5. The van der Waals surface area contributed by atoms with Crippen LogP contribution in [0.15, 0.2) is 35.5 Å². The monoisotopic (exact) mass is 494 g/mol. The summed E-state index contributed by atoms with van der Waals surface area (Å²) in [5.74, 6) is -2.54. The molecule has 2 heterocycles. The molecule has 1 atom stereocenters. The van der Waals surface area contributed by atoms with Gasteiger partial charge in [-0.1, -0.05) is 11.6 Å². The molecule has 33 heavy (non-hydrogen) atoms. The number of amides is 1. The van der Waals surface area contributed by atoms with Crippen LogP contribution in [0.2, 0.25) is 5.02 Å². The number of benzene rings is 1. The van der Waals surface area contributed by atoms with Crippen LogP contribution < -0.4 is 11.1 Å². The molecule has 0 spiro atoms. The average Bonchev–Trinajstić information content (AvgIpc) is 2.80. The van der Waals surface area contributed by atoms with E-state index in [-0.39, 0.29) is 16.4 Å². The largest absolute Gasteiger partial charge is 0.385 e. The first-order chi connectivity index (χ1) is 15.6. The predicted octanol–water partition coefficient (Wildman–Crippen LogP) is 4.29. The van der Waals surface area contributed by atoms with E-state index < -0.39 is 72.9 Å². The van der Waals surface area contributed by atoms with Gasteiger partial charge in [0.05, 0.1) is 11.6 Å². The Kier molecular flexibility index (Phi) is 7.17. The van der Waals surface area contributed by atoms with E-state index in [0.29, 0.717) is 0 Å². The molecule has 0 unspecified atom stereocenters. The fourth-order valence-electron chi connectivity index (χ4n) is 3.11. The highest BCUT2D eigenvalue weighted by Gasteiger charge is 2.48. The zero-order valence-electron chi connectivity index (χ0n) is 16.7. The van der Waals surface area contributed by atoms with Gasteiger partial charge in [0, 0.05) is 23.0 Å². The van der Waals surface area contributed by atoms with E-state index in [1.54, 1.807) is 0 Å². The molecule has 2 aromatic rings. The summed E-state index contributed by atoms with van der Waals surface area (Å²) in [6.45, 7) is -4.79. The van der Waals surface area contributed by atoms with Crippen molar-refractivity contribution in [3.05, 3.63) is 58.1 Å². The molecular formula is C20H17ClF6N4O2. The molecule has 0 radical (unpaired) electrons. The Bertz CT molecular complexity index is 1080. The van der Waals surface area contributed by atoms with Crippen LogP contribution in [0.4, 0.5) is 32.0 Å². The van der Waals surface area contributed by atoms with Crippen molar-refractivity contribution in [3.63, 3.8) is 0 Å². The summed E-state index contributed by atoms with van der Waals surface area (Å²) in [5.41, 5.74) is 0.0574. The van der Waals surface area contributed by atoms with Crippen molar-refractivity contribution in [2.24, 2.45) is 10.7 Å². The van der Waals surface area contributed by atoms with Gasteiger partial charge >= 0.3 is 0 Å². The number of hydrogen-bond acceptors (Lipinski definition) is 5.